The minimum absolute atomic E-state index is 0.0941. The quantitative estimate of drug-likeness (QED) is 0.215. The van der Waals surface area contributed by atoms with Gasteiger partial charge in [-0.05, 0) is 57.2 Å². The van der Waals surface area contributed by atoms with Crippen LogP contribution in [0.15, 0.2) is 18.2 Å². The second kappa shape index (κ2) is 17.5. The molecule has 1 aromatic carbocycles. The van der Waals surface area contributed by atoms with Crippen molar-refractivity contribution in [2.75, 3.05) is 0 Å². The number of rotatable bonds is 17. The second-order valence-electron chi connectivity index (χ2n) is 9.72. The van der Waals surface area contributed by atoms with Crippen LogP contribution in [0.4, 0.5) is 0 Å². The van der Waals surface area contributed by atoms with Gasteiger partial charge in [0.1, 0.15) is 18.2 Å². The van der Waals surface area contributed by atoms with Crippen molar-refractivity contribution in [3.05, 3.63) is 23.8 Å². The molecule has 38 heavy (non-hydrogen) atoms. The Hall–Kier alpha value is -2.94. The minimum Gasteiger partial charge on any atom is -0.459 e. The zero-order valence-corrected chi connectivity index (χ0v) is 23.7. The van der Waals surface area contributed by atoms with Crippen LogP contribution < -0.4 is 15.2 Å². The van der Waals surface area contributed by atoms with E-state index in [-0.39, 0.29) is 42.6 Å². The predicted molar refractivity (Wildman–Crippen MR) is 144 cm³/mol. The molecule has 0 fully saturated rings. The molecule has 0 aliphatic rings. The Morgan fingerprint density at radius 3 is 1.82 bits per heavy atom. The normalized spacial score (nSPS) is 14.1. The summed E-state index contributed by atoms with van der Waals surface area (Å²) in [5.74, 6) is -1.84. The van der Waals surface area contributed by atoms with Crippen molar-refractivity contribution < 1.29 is 38.1 Å². The topological polar surface area (TPSA) is 131 Å². The molecule has 0 aromatic heterocycles. The highest BCUT2D eigenvalue weighted by Gasteiger charge is 2.26. The highest BCUT2D eigenvalue weighted by molar-refractivity contribution is 5.77. The molecule has 0 aliphatic heterocycles. The van der Waals surface area contributed by atoms with Crippen molar-refractivity contribution in [2.45, 2.75) is 118 Å². The molecule has 0 bridgehead atoms. The van der Waals surface area contributed by atoms with Gasteiger partial charge in [-0.3, -0.25) is 19.2 Å². The molecule has 1 rings (SSSR count). The predicted octanol–water partition coefficient (Wildman–Crippen LogP) is 5.05. The van der Waals surface area contributed by atoms with Crippen molar-refractivity contribution in [2.24, 2.45) is 11.7 Å². The van der Waals surface area contributed by atoms with E-state index in [1.807, 2.05) is 20.8 Å². The number of nitrogens with two attached hydrogens (primary N) is 1. The van der Waals surface area contributed by atoms with Gasteiger partial charge < -0.3 is 24.7 Å². The first kappa shape index (κ1) is 33.1. The molecule has 0 heterocycles. The summed E-state index contributed by atoms with van der Waals surface area (Å²) in [6.07, 6.45) is 3.88. The van der Waals surface area contributed by atoms with E-state index >= 15 is 0 Å². The second-order valence-corrected chi connectivity index (χ2v) is 9.72. The molecule has 0 spiro atoms. The smallest absolute Gasteiger partial charge is 0.323 e. The van der Waals surface area contributed by atoms with Crippen molar-refractivity contribution in [3.63, 3.8) is 0 Å². The first-order valence-corrected chi connectivity index (χ1v) is 13.7. The van der Waals surface area contributed by atoms with E-state index in [1.165, 1.54) is 6.07 Å². The molecule has 2 N–H and O–H groups in total. The van der Waals surface area contributed by atoms with Gasteiger partial charge in [-0.2, -0.15) is 0 Å². The van der Waals surface area contributed by atoms with E-state index in [0.29, 0.717) is 18.4 Å². The van der Waals surface area contributed by atoms with E-state index in [1.54, 1.807) is 32.9 Å². The standard InChI is InChI=1S/C29H45NO8/c1-7-10-13-26(31)37-24-16-15-22(18-25(24)38-27(32)14-11-8-2)17-23(30)29(34)36-21(6)20(5)35-28(33)19(4)12-9-3/h15-16,18-21,23H,7-14,17,30H2,1-6H3/t19?,20-,21-,23-/m0/s1. The average molecular weight is 536 g/mol. The number of hydrogen-bond acceptors (Lipinski definition) is 9. The summed E-state index contributed by atoms with van der Waals surface area (Å²) in [4.78, 5) is 49.2. The zero-order chi connectivity index (χ0) is 28.7. The maximum absolute atomic E-state index is 12.6. The molecule has 0 radical (unpaired) electrons. The summed E-state index contributed by atoms with van der Waals surface area (Å²) >= 11 is 0. The minimum atomic E-state index is -1.01. The molecule has 9 nitrogen and oxygen atoms in total. The lowest BCUT2D eigenvalue weighted by atomic mass is 10.1. The monoisotopic (exact) mass is 535 g/mol. The van der Waals surface area contributed by atoms with E-state index in [2.05, 4.69) is 0 Å². The molecule has 0 saturated carbocycles. The van der Waals surface area contributed by atoms with Gasteiger partial charge in [0.2, 0.25) is 0 Å². The Morgan fingerprint density at radius 1 is 0.763 bits per heavy atom. The maximum atomic E-state index is 12.6. The fourth-order valence-electron chi connectivity index (χ4n) is 3.48. The Morgan fingerprint density at radius 2 is 1.29 bits per heavy atom. The molecule has 4 atom stereocenters. The highest BCUT2D eigenvalue weighted by Crippen LogP contribution is 2.30. The molecule has 0 saturated heterocycles. The van der Waals surface area contributed by atoms with Gasteiger partial charge in [0.05, 0.1) is 5.92 Å². The molecule has 0 aliphatic carbocycles. The largest absolute Gasteiger partial charge is 0.459 e. The number of esters is 4. The number of unbranched alkanes of at least 4 members (excludes halogenated alkanes) is 2. The number of carbonyl (C=O) groups excluding carboxylic acids is 4. The van der Waals surface area contributed by atoms with Gasteiger partial charge in [0.25, 0.3) is 0 Å². The Balaban J connectivity index is 2.87. The zero-order valence-electron chi connectivity index (χ0n) is 23.7. The molecule has 1 aromatic rings. The number of hydrogen-bond donors (Lipinski definition) is 1. The Bertz CT molecular complexity index is 916. The third-order valence-electron chi connectivity index (χ3n) is 6.07. The van der Waals surface area contributed by atoms with Gasteiger partial charge >= 0.3 is 23.9 Å². The third kappa shape index (κ3) is 12.1. The van der Waals surface area contributed by atoms with Crippen LogP contribution in [-0.4, -0.2) is 42.1 Å². The fourth-order valence-corrected chi connectivity index (χ4v) is 3.48. The average Bonchev–Trinajstić information content (AvgIpc) is 2.87. The van der Waals surface area contributed by atoms with Gasteiger partial charge in [-0.25, -0.2) is 0 Å². The first-order valence-electron chi connectivity index (χ1n) is 13.7. The Kier molecular flexibility index (Phi) is 15.3. The molecular formula is C29H45NO8. The van der Waals surface area contributed by atoms with Crippen LogP contribution in [0.5, 0.6) is 11.5 Å². The van der Waals surface area contributed by atoms with Crippen LogP contribution in [0.25, 0.3) is 0 Å². The first-order chi connectivity index (χ1) is 18.0. The SMILES string of the molecule is CCCCC(=O)Oc1ccc(C[C@H](N)C(=O)O[C@@H](C)[C@H](C)OC(=O)C(C)CCC)cc1OC(=O)CCCC. The van der Waals surface area contributed by atoms with Crippen molar-refractivity contribution in [1.29, 1.82) is 0 Å². The molecule has 0 amide bonds. The third-order valence-corrected chi connectivity index (χ3v) is 6.07. The van der Waals surface area contributed by atoms with E-state index < -0.39 is 36.2 Å². The summed E-state index contributed by atoms with van der Waals surface area (Å²) in [5.41, 5.74) is 6.70. The van der Waals surface area contributed by atoms with Crippen molar-refractivity contribution >= 4 is 23.9 Å². The van der Waals surface area contributed by atoms with Crippen LogP contribution in [-0.2, 0) is 35.1 Å². The van der Waals surface area contributed by atoms with Crippen LogP contribution >= 0.6 is 0 Å². The summed E-state index contributed by atoms with van der Waals surface area (Å²) in [5, 5.41) is 0. The summed E-state index contributed by atoms with van der Waals surface area (Å²) in [6.45, 7) is 11.0. The number of benzene rings is 1. The van der Waals surface area contributed by atoms with E-state index in [9.17, 15) is 19.2 Å². The Labute approximate surface area is 226 Å². The molecular weight excluding hydrogens is 490 g/mol. The van der Waals surface area contributed by atoms with Gasteiger partial charge in [0, 0.05) is 12.8 Å². The number of carbonyl (C=O) groups is 4. The summed E-state index contributed by atoms with van der Waals surface area (Å²) in [6, 6.07) is 3.71. The van der Waals surface area contributed by atoms with E-state index in [4.69, 9.17) is 24.7 Å². The van der Waals surface area contributed by atoms with Crippen molar-refractivity contribution in [3.8, 4) is 11.5 Å². The number of ether oxygens (including phenoxy) is 4. The van der Waals surface area contributed by atoms with Crippen LogP contribution in [0.2, 0.25) is 0 Å². The molecule has 9 heteroatoms. The van der Waals surface area contributed by atoms with Crippen LogP contribution in [0.3, 0.4) is 0 Å². The summed E-state index contributed by atoms with van der Waals surface area (Å²) in [7, 11) is 0. The maximum Gasteiger partial charge on any atom is 0.323 e. The van der Waals surface area contributed by atoms with Crippen LogP contribution in [0, 0.1) is 5.92 Å². The highest BCUT2D eigenvalue weighted by atomic mass is 16.6. The fraction of sp³-hybridized carbons (Fsp3) is 0.655. The lowest BCUT2D eigenvalue weighted by molar-refractivity contribution is -0.168. The van der Waals surface area contributed by atoms with Gasteiger partial charge in [-0.15, -0.1) is 0 Å². The van der Waals surface area contributed by atoms with Gasteiger partial charge in [0.15, 0.2) is 11.5 Å². The molecule has 1 unspecified atom stereocenters. The van der Waals surface area contributed by atoms with Gasteiger partial charge in [-0.1, -0.05) is 53.0 Å². The van der Waals surface area contributed by atoms with Crippen molar-refractivity contribution in [1.82, 2.24) is 0 Å². The lowest BCUT2D eigenvalue weighted by Crippen LogP contribution is -2.40. The van der Waals surface area contributed by atoms with Crippen LogP contribution in [0.1, 0.15) is 98.5 Å². The lowest BCUT2D eigenvalue weighted by Gasteiger charge is -2.23. The van der Waals surface area contributed by atoms with E-state index in [0.717, 1.165) is 25.7 Å². The molecule has 214 valence electrons. The summed E-state index contributed by atoms with van der Waals surface area (Å²) < 4.78 is 21.8.